The Balaban J connectivity index is 2.26. The van der Waals surface area contributed by atoms with Crippen molar-refractivity contribution in [2.45, 2.75) is 52.0 Å². The third kappa shape index (κ3) is 2.86. The van der Waals surface area contributed by atoms with Gasteiger partial charge in [-0.1, -0.05) is 12.8 Å². The van der Waals surface area contributed by atoms with Crippen molar-refractivity contribution < 1.29 is 19.1 Å². The molecule has 5 nitrogen and oxygen atoms in total. The number of aliphatic carboxylic acids is 1. The minimum Gasteiger partial charge on any atom is -0.481 e. The fraction of sp³-hybridized carbons (Fsp3) is 0.600. The number of amides is 1. The highest BCUT2D eigenvalue weighted by Crippen LogP contribution is 2.27. The van der Waals surface area contributed by atoms with Gasteiger partial charge in [-0.25, -0.2) is 0 Å². The maximum atomic E-state index is 12.7. The summed E-state index contributed by atoms with van der Waals surface area (Å²) in [5.41, 5.74) is 1.14. The molecule has 1 fully saturated rings. The van der Waals surface area contributed by atoms with Gasteiger partial charge in [0.2, 0.25) is 0 Å². The zero-order valence-electron chi connectivity index (χ0n) is 12.0. The molecule has 5 heteroatoms. The molecule has 2 rings (SSSR count). The van der Waals surface area contributed by atoms with Gasteiger partial charge in [-0.3, -0.25) is 9.59 Å². The molecule has 110 valence electrons. The lowest BCUT2D eigenvalue weighted by Crippen LogP contribution is -2.39. The first-order chi connectivity index (χ1) is 9.54. The van der Waals surface area contributed by atoms with E-state index in [-0.39, 0.29) is 24.1 Å². The fourth-order valence-corrected chi connectivity index (χ4v) is 2.98. The monoisotopic (exact) mass is 279 g/mol. The Bertz CT molecular complexity index is 500. The Morgan fingerprint density at radius 1 is 1.40 bits per heavy atom. The van der Waals surface area contributed by atoms with Gasteiger partial charge in [-0.15, -0.1) is 0 Å². The van der Waals surface area contributed by atoms with Crippen molar-refractivity contribution in [1.29, 1.82) is 0 Å². The highest BCUT2D eigenvalue weighted by atomic mass is 16.4. The number of carboxylic acids is 1. The highest BCUT2D eigenvalue weighted by Gasteiger charge is 2.30. The molecule has 0 aromatic carbocycles. The lowest BCUT2D eigenvalue weighted by molar-refractivity contribution is -0.136. The summed E-state index contributed by atoms with van der Waals surface area (Å²) in [4.78, 5) is 25.4. The van der Waals surface area contributed by atoms with Crippen molar-refractivity contribution >= 4 is 11.9 Å². The maximum absolute atomic E-state index is 12.7. The molecule has 0 saturated heterocycles. The molecule has 1 aromatic heterocycles. The van der Waals surface area contributed by atoms with Crippen molar-refractivity contribution in [3.05, 3.63) is 23.2 Å². The summed E-state index contributed by atoms with van der Waals surface area (Å²) in [6.45, 7) is 4.38. The molecule has 0 spiro atoms. The lowest BCUT2D eigenvalue weighted by atomic mass is 10.1. The van der Waals surface area contributed by atoms with Gasteiger partial charge in [-0.2, -0.15) is 0 Å². The molecule has 0 bridgehead atoms. The molecule has 1 aliphatic rings. The number of carboxylic acid groups (broad SMARTS) is 1. The summed E-state index contributed by atoms with van der Waals surface area (Å²) < 4.78 is 5.26. The van der Waals surface area contributed by atoms with Crippen molar-refractivity contribution in [3.8, 4) is 0 Å². The van der Waals surface area contributed by atoms with Gasteiger partial charge in [0.05, 0.1) is 11.8 Å². The third-order valence-electron chi connectivity index (χ3n) is 3.94. The minimum absolute atomic E-state index is 0.0955. The van der Waals surface area contributed by atoms with E-state index in [0.29, 0.717) is 17.7 Å². The van der Waals surface area contributed by atoms with Crippen LogP contribution in [0.5, 0.6) is 0 Å². The molecule has 0 radical (unpaired) electrons. The quantitative estimate of drug-likeness (QED) is 0.899. The molecule has 20 heavy (non-hydrogen) atoms. The van der Waals surface area contributed by atoms with Gasteiger partial charge in [0.1, 0.15) is 12.2 Å². The van der Waals surface area contributed by atoms with Crippen molar-refractivity contribution in [2.24, 2.45) is 0 Å². The number of nitrogens with zero attached hydrogens (tertiary/aromatic N) is 1. The summed E-state index contributed by atoms with van der Waals surface area (Å²) in [5.74, 6) is -0.823. The third-order valence-corrected chi connectivity index (χ3v) is 3.94. The number of hydrogen-bond acceptors (Lipinski definition) is 3. The Labute approximate surface area is 118 Å². The maximum Gasteiger partial charge on any atom is 0.311 e. The van der Waals surface area contributed by atoms with Crippen molar-refractivity contribution in [1.82, 2.24) is 4.90 Å². The van der Waals surface area contributed by atoms with Gasteiger partial charge in [0.15, 0.2) is 0 Å². The SMILES string of the molecule is CCN(C(=O)c1c(C)coc1CC(=O)O)C1CCCC1. The largest absolute Gasteiger partial charge is 0.481 e. The molecular weight excluding hydrogens is 258 g/mol. The lowest BCUT2D eigenvalue weighted by Gasteiger charge is -2.27. The molecule has 1 aliphatic carbocycles. The molecular formula is C15H21NO4. The first-order valence-corrected chi connectivity index (χ1v) is 7.14. The van der Waals surface area contributed by atoms with E-state index in [2.05, 4.69) is 0 Å². The van der Waals surface area contributed by atoms with E-state index in [0.717, 1.165) is 25.7 Å². The average Bonchev–Trinajstić information content (AvgIpc) is 3.00. The molecule has 0 aliphatic heterocycles. The smallest absolute Gasteiger partial charge is 0.311 e. The van der Waals surface area contributed by atoms with Crippen LogP contribution in [0.3, 0.4) is 0 Å². The predicted molar refractivity (Wildman–Crippen MR) is 73.8 cm³/mol. The number of rotatable bonds is 5. The molecule has 1 amide bonds. The molecule has 0 atom stereocenters. The van der Waals surface area contributed by atoms with Crippen LogP contribution in [0.15, 0.2) is 10.7 Å². The number of aryl methyl sites for hydroxylation is 1. The van der Waals surface area contributed by atoms with Crippen molar-refractivity contribution in [3.63, 3.8) is 0 Å². The first kappa shape index (κ1) is 14.6. The zero-order chi connectivity index (χ0) is 14.7. The van der Waals surface area contributed by atoms with Gasteiger partial charge in [0.25, 0.3) is 5.91 Å². The Morgan fingerprint density at radius 3 is 2.60 bits per heavy atom. The zero-order valence-corrected chi connectivity index (χ0v) is 12.0. The second-order valence-electron chi connectivity index (χ2n) is 5.32. The highest BCUT2D eigenvalue weighted by molar-refractivity contribution is 5.97. The van der Waals surface area contributed by atoms with E-state index < -0.39 is 5.97 Å². The summed E-state index contributed by atoms with van der Waals surface area (Å²) in [7, 11) is 0. The Morgan fingerprint density at radius 2 is 2.05 bits per heavy atom. The second-order valence-corrected chi connectivity index (χ2v) is 5.32. The first-order valence-electron chi connectivity index (χ1n) is 7.14. The van der Waals surface area contributed by atoms with Gasteiger partial charge in [-0.05, 0) is 26.7 Å². The molecule has 1 heterocycles. The van der Waals surface area contributed by atoms with Crippen LogP contribution in [0.25, 0.3) is 0 Å². The Kier molecular flexibility index (Phi) is 4.47. The van der Waals surface area contributed by atoms with E-state index in [1.165, 1.54) is 6.26 Å². The van der Waals surface area contributed by atoms with Crippen LogP contribution in [-0.2, 0) is 11.2 Å². The van der Waals surface area contributed by atoms with Crippen LogP contribution in [0.1, 0.15) is 54.3 Å². The normalized spacial score (nSPS) is 15.5. The van der Waals surface area contributed by atoms with Crippen LogP contribution in [0, 0.1) is 6.92 Å². The standard InChI is InChI=1S/C15H21NO4/c1-3-16(11-6-4-5-7-11)15(19)14-10(2)9-20-12(14)8-13(17)18/h9,11H,3-8H2,1-2H3,(H,17,18). The number of furan rings is 1. The summed E-state index contributed by atoms with van der Waals surface area (Å²) in [6, 6.07) is 0.277. The van der Waals surface area contributed by atoms with Crippen LogP contribution in [-0.4, -0.2) is 34.5 Å². The molecule has 0 unspecified atom stereocenters. The van der Waals surface area contributed by atoms with Gasteiger partial charge < -0.3 is 14.4 Å². The predicted octanol–water partition coefficient (Wildman–Crippen LogP) is 2.62. The van der Waals surface area contributed by atoms with Gasteiger partial charge >= 0.3 is 5.97 Å². The van der Waals surface area contributed by atoms with E-state index in [1.807, 2.05) is 11.8 Å². The van der Waals surface area contributed by atoms with E-state index in [4.69, 9.17) is 9.52 Å². The van der Waals surface area contributed by atoms with E-state index >= 15 is 0 Å². The summed E-state index contributed by atoms with van der Waals surface area (Å²) in [6.07, 6.45) is 5.59. The van der Waals surface area contributed by atoms with Crippen molar-refractivity contribution in [2.75, 3.05) is 6.54 Å². The van der Waals surface area contributed by atoms with E-state index in [9.17, 15) is 9.59 Å². The van der Waals surface area contributed by atoms with Crippen LogP contribution in [0.2, 0.25) is 0 Å². The number of carbonyl (C=O) groups excluding carboxylic acids is 1. The average molecular weight is 279 g/mol. The number of carbonyl (C=O) groups is 2. The minimum atomic E-state index is -0.989. The van der Waals surface area contributed by atoms with Gasteiger partial charge in [0, 0.05) is 18.2 Å². The topological polar surface area (TPSA) is 70.8 Å². The fourth-order valence-electron chi connectivity index (χ4n) is 2.98. The van der Waals surface area contributed by atoms with Crippen LogP contribution in [0.4, 0.5) is 0 Å². The molecule has 1 N–H and O–H groups in total. The summed E-state index contributed by atoms with van der Waals surface area (Å²) >= 11 is 0. The number of hydrogen-bond donors (Lipinski definition) is 1. The molecule has 1 aromatic rings. The molecule has 1 saturated carbocycles. The van der Waals surface area contributed by atoms with Crippen LogP contribution >= 0.6 is 0 Å². The summed E-state index contributed by atoms with van der Waals surface area (Å²) in [5, 5.41) is 8.90. The van der Waals surface area contributed by atoms with Crippen LogP contribution < -0.4 is 0 Å². The second kappa shape index (κ2) is 6.11. The van der Waals surface area contributed by atoms with E-state index in [1.54, 1.807) is 6.92 Å². The Hall–Kier alpha value is -1.78.